The van der Waals surface area contributed by atoms with Gasteiger partial charge in [0.25, 0.3) is 0 Å². The van der Waals surface area contributed by atoms with Gasteiger partial charge in [-0.3, -0.25) is 0 Å². The summed E-state index contributed by atoms with van der Waals surface area (Å²) in [6.45, 7) is 7.36. The van der Waals surface area contributed by atoms with Crippen LogP contribution in [0.15, 0.2) is 16.7 Å². The third-order valence-electron chi connectivity index (χ3n) is 3.54. The van der Waals surface area contributed by atoms with Crippen LogP contribution in [0.4, 0.5) is 0 Å². The predicted molar refractivity (Wildman–Crippen MR) is 52.5 cm³/mol. The van der Waals surface area contributed by atoms with Crippen LogP contribution in [0.2, 0.25) is 0 Å². The van der Waals surface area contributed by atoms with Crippen LogP contribution in [-0.4, -0.2) is 6.54 Å². The molecular weight excluding hydrogens is 162 g/mol. The summed E-state index contributed by atoms with van der Waals surface area (Å²) in [6.07, 6.45) is 1.77. The number of hydrogen-bond acceptors (Lipinski definition) is 2. The Kier molecular flexibility index (Phi) is 1.77. The Hall–Kier alpha value is -0.760. The molecule has 2 atom stereocenters. The molecule has 0 amide bonds. The van der Waals surface area contributed by atoms with Gasteiger partial charge in [0.2, 0.25) is 0 Å². The normalized spacial score (nSPS) is 30.5. The third-order valence-corrected chi connectivity index (χ3v) is 3.54. The van der Waals surface area contributed by atoms with Crippen molar-refractivity contribution in [2.24, 2.45) is 17.1 Å². The molecule has 0 bridgehead atoms. The second-order valence-electron chi connectivity index (χ2n) is 4.57. The molecule has 1 heterocycles. The topological polar surface area (TPSA) is 39.2 Å². The Morgan fingerprint density at radius 1 is 1.54 bits per heavy atom. The summed E-state index contributed by atoms with van der Waals surface area (Å²) in [5.74, 6) is 2.29. The zero-order valence-corrected chi connectivity index (χ0v) is 8.50. The van der Waals surface area contributed by atoms with Gasteiger partial charge in [-0.1, -0.05) is 13.8 Å². The fraction of sp³-hybridized carbons (Fsp3) is 0.636. The van der Waals surface area contributed by atoms with Gasteiger partial charge in [0.1, 0.15) is 5.76 Å². The highest BCUT2D eigenvalue weighted by molar-refractivity contribution is 5.33. The molecule has 1 aromatic heterocycles. The van der Waals surface area contributed by atoms with Crippen molar-refractivity contribution in [1.29, 1.82) is 0 Å². The van der Waals surface area contributed by atoms with E-state index >= 15 is 0 Å². The molecule has 0 aromatic carbocycles. The summed E-state index contributed by atoms with van der Waals surface area (Å²) in [4.78, 5) is 0. The van der Waals surface area contributed by atoms with Crippen molar-refractivity contribution in [1.82, 2.24) is 0 Å². The quantitative estimate of drug-likeness (QED) is 0.756. The van der Waals surface area contributed by atoms with Gasteiger partial charge < -0.3 is 10.2 Å². The SMILES string of the molecule is Cc1occc1[C@H]1[C@H](CN)C1(C)C. The monoisotopic (exact) mass is 179 g/mol. The van der Waals surface area contributed by atoms with Crippen LogP contribution < -0.4 is 5.73 Å². The summed E-state index contributed by atoms with van der Waals surface area (Å²) in [7, 11) is 0. The molecule has 0 spiro atoms. The van der Waals surface area contributed by atoms with Crippen LogP contribution in [0.1, 0.15) is 31.1 Å². The number of furan rings is 1. The van der Waals surface area contributed by atoms with Crippen LogP contribution in [0.25, 0.3) is 0 Å². The maximum Gasteiger partial charge on any atom is 0.104 e. The van der Waals surface area contributed by atoms with E-state index in [1.54, 1.807) is 6.26 Å². The molecule has 72 valence electrons. The molecule has 1 aliphatic carbocycles. The molecule has 0 aliphatic heterocycles. The van der Waals surface area contributed by atoms with E-state index in [0.29, 0.717) is 17.3 Å². The Morgan fingerprint density at radius 2 is 2.23 bits per heavy atom. The van der Waals surface area contributed by atoms with E-state index in [1.165, 1.54) is 5.56 Å². The minimum absolute atomic E-state index is 0.364. The summed E-state index contributed by atoms with van der Waals surface area (Å²) in [5, 5.41) is 0. The minimum Gasteiger partial charge on any atom is -0.469 e. The van der Waals surface area contributed by atoms with Crippen molar-refractivity contribution < 1.29 is 4.42 Å². The first-order valence-electron chi connectivity index (χ1n) is 4.83. The average Bonchev–Trinajstić information content (AvgIpc) is 2.41. The van der Waals surface area contributed by atoms with E-state index < -0.39 is 0 Å². The molecule has 2 heteroatoms. The third kappa shape index (κ3) is 1.12. The highest BCUT2D eigenvalue weighted by atomic mass is 16.3. The molecule has 1 aromatic rings. The Morgan fingerprint density at radius 3 is 2.62 bits per heavy atom. The highest BCUT2D eigenvalue weighted by Gasteiger charge is 2.57. The van der Waals surface area contributed by atoms with E-state index in [-0.39, 0.29) is 0 Å². The lowest BCUT2D eigenvalue weighted by atomic mass is 10.0. The smallest absolute Gasteiger partial charge is 0.104 e. The molecule has 2 rings (SSSR count). The fourth-order valence-corrected chi connectivity index (χ4v) is 2.52. The van der Waals surface area contributed by atoms with Crippen molar-refractivity contribution >= 4 is 0 Å². The van der Waals surface area contributed by atoms with Gasteiger partial charge in [-0.2, -0.15) is 0 Å². The van der Waals surface area contributed by atoms with Gasteiger partial charge in [0, 0.05) is 0 Å². The molecule has 1 saturated carbocycles. The molecular formula is C11H17NO. The van der Waals surface area contributed by atoms with E-state index in [9.17, 15) is 0 Å². The first kappa shape index (κ1) is 8.82. The first-order chi connectivity index (χ1) is 6.09. The molecule has 1 fully saturated rings. The zero-order chi connectivity index (χ0) is 9.64. The minimum atomic E-state index is 0.364. The molecule has 0 unspecified atom stereocenters. The van der Waals surface area contributed by atoms with Gasteiger partial charge in [-0.05, 0) is 42.3 Å². The van der Waals surface area contributed by atoms with Crippen molar-refractivity contribution in [3.63, 3.8) is 0 Å². The number of rotatable bonds is 2. The fourth-order valence-electron chi connectivity index (χ4n) is 2.52. The van der Waals surface area contributed by atoms with E-state index in [1.807, 2.05) is 6.92 Å². The molecule has 1 aliphatic rings. The van der Waals surface area contributed by atoms with Gasteiger partial charge in [0.05, 0.1) is 6.26 Å². The Labute approximate surface area is 79.1 Å². The Bertz CT molecular complexity index is 314. The molecule has 0 saturated heterocycles. The molecule has 13 heavy (non-hydrogen) atoms. The first-order valence-corrected chi connectivity index (χ1v) is 4.83. The van der Waals surface area contributed by atoms with E-state index in [0.717, 1.165) is 12.3 Å². The van der Waals surface area contributed by atoms with Crippen molar-refractivity contribution in [2.45, 2.75) is 26.7 Å². The van der Waals surface area contributed by atoms with Crippen LogP contribution in [0.5, 0.6) is 0 Å². The van der Waals surface area contributed by atoms with E-state index in [2.05, 4.69) is 19.9 Å². The van der Waals surface area contributed by atoms with Crippen molar-refractivity contribution in [3.05, 3.63) is 23.7 Å². The molecule has 2 N–H and O–H groups in total. The predicted octanol–water partition coefficient (Wildman–Crippen LogP) is 2.29. The summed E-state index contributed by atoms with van der Waals surface area (Å²) >= 11 is 0. The maximum absolute atomic E-state index is 5.73. The summed E-state index contributed by atoms with van der Waals surface area (Å²) in [6, 6.07) is 2.08. The van der Waals surface area contributed by atoms with Crippen LogP contribution >= 0.6 is 0 Å². The van der Waals surface area contributed by atoms with Gasteiger partial charge >= 0.3 is 0 Å². The summed E-state index contributed by atoms with van der Waals surface area (Å²) < 4.78 is 5.31. The van der Waals surface area contributed by atoms with Crippen LogP contribution in [0, 0.1) is 18.3 Å². The van der Waals surface area contributed by atoms with E-state index in [4.69, 9.17) is 10.2 Å². The van der Waals surface area contributed by atoms with Crippen LogP contribution in [0.3, 0.4) is 0 Å². The average molecular weight is 179 g/mol. The lowest BCUT2D eigenvalue weighted by molar-refractivity contribution is 0.524. The maximum atomic E-state index is 5.73. The molecule has 2 nitrogen and oxygen atoms in total. The van der Waals surface area contributed by atoms with Crippen LogP contribution in [-0.2, 0) is 0 Å². The number of hydrogen-bond donors (Lipinski definition) is 1. The number of nitrogens with two attached hydrogens (primary N) is 1. The second-order valence-corrected chi connectivity index (χ2v) is 4.57. The summed E-state index contributed by atoms with van der Waals surface area (Å²) in [5.41, 5.74) is 7.44. The van der Waals surface area contributed by atoms with Crippen molar-refractivity contribution in [2.75, 3.05) is 6.54 Å². The second kappa shape index (κ2) is 2.61. The highest BCUT2D eigenvalue weighted by Crippen LogP contribution is 2.64. The van der Waals surface area contributed by atoms with Crippen molar-refractivity contribution in [3.8, 4) is 0 Å². The standard InChI is InChI=1S/C11H17NO/c1-7-8(4-5-13-7)10-9(6-12)11(10,2)3/h4-5,9-10H,6,12H2,1-3H3/t9-,10-/m0/s1. The lowest BCUT2D eigenvalue weighted by Crippen LogP contribution is -2.05. The Balaban J connectivity index is 2.26. The number of aryl methyl sites for hydroxylation is 1. The van der Waals surface area contributed by atoms with Gasteiger partial charge in [0.15, 0.2) is 0 Å². The zero-order valence-electron chi connectivity index (χ0n) is 8.50. The molecule has 0 radical (unpaired) electrons. The largest absolute Gasteiger partial charge is 0.469 e. The van der Waals surface area contributed by atoms with Gasteiger partial charge in [-0.25, -0.2) is 0 Å². The van der Waals surface area contributed by atoms with Gasteiger partial charge in [-0.15, -0.1) is 0 Å². The lowest BCUT2D eigenvalue weighted by Gasteiger charge is -2.00.